The molecule has 0 amide bonds. The average Bonchev–Trinajstić information content (AvgIpc) is 2.48. The lowest BCUT2D eigenvalue weighted by molar-refractivity contribution is 0.174. The second-order valence-corrected chi connectivity index (χ2v) is 4.24. The lowest BCUT2D eigenvalue weighted by atomic mass is 10.1. The molecule has 96 valence electrons. The van der Waals surface area contributed by atoms with E-state index in [0.717, 1.165) is 11.1 Å². The maximum atomic E-state index is 9.96. The zero-order chi connectivity index (χ0) is 13.5. The van der Waals surface area contributed by atoms with Crippen molar-refractivity contribution in [3.05, 3.63) is 65.5 Å². The van der Waals surface area contributed by atoms with Crippen molar-refractivity contribution in [1.82, 2.24) is 10.3 Å². The number of nitrogens with one attached hydrogen (secondary N) is 1. The minimum absolute atomic E-state index is 0.459. The average molecular weight is 253 g/mol. The van der Waals surface area contributed by atoms with Gasteiger partial charge in [-0.3, -0.25) is 4.98 Å². The third-order valence-corrected chi connectivity index (χ3v) is 2.81. The topological polar surface area (TPSA) is 68.9 Å². The minimum atomic E-state index is -0.554. The van der Waals surface area contributed by atoms with E-state index in [-0.39, 0.29) is 0 Å². The van der Waals surface area contributed by atoms with Gasteiger partial charge in [0.25, 0.3) is 0 Å². The lowest BCUT2D eigenvalue weighted by Crippen LogP contribution is -2.21. The van der Waals surface area contributed by atoms with Gasteiger partial charge >= 0.3 is 0 Å². The first-order chi connectivity index (χ1) is 9.29. The van der Waals surface area contributed by atoms with E-state index in [9.17, 15) is 5.11 Å². The molecule has 0 aliphatic heterocycles. The molecule has 19 heavy (non-hydrogen) atoms. The van der Waals surface area contributed by atoms with Gasteiger partial charge in [-0.15, -0.1) is 0 Å². The molecule has 1 aromatic carbocycles. The molecule has 4 heteroatoms. The fourth-order valence-corrected chi connectivity index (χ4v) is 1.81. The Morgan fingerprint density at radius 1 is 1.26 bits per heavy atom. The van der Waals surface area contributed by atoms with Crippen LogP contribution in [-0.4, -0.2) is 16.6 Å². The van der Waals surface area contributed by atoms with E-state index in [1.165, 1.54) is 0 Å². The van der Waals surface area contributed by atoms with Crippen molar-refractivity contribution in [2.45, 2.75) is 12.6 Å². The van der Waals surface area contributed by atoms with Crippen molar-refractivity contribution in [3.63, 3.8) is 0 Å². The van der Waals surface area contributed by atoms with E-state index in [1.54, 1.807) is 30.6 Å². The van der Waals surface area contributed by atoms with E-state index < -0.39 is 6.10 Å². The van der Waals surface area contributed by atoms with Gasteiger partial charge < -0.3 is 10.4 Å². The monoisotopic (exact) mass is 253 g/mol. The van der Waals surface area contributed by atoms with Crippen LogP contribution in [0, 0.1) is 11.3 Å². The largest absolute Gasteiger partial charge is 0.387 e. The van der Waals surface area contributed by atoms with Gasteiger partial charge in [-0.1, -0.05) is 12.1 Å². The molecule has 1 heterocycles. The van der Waals surface area contributed by atoms with Gasteiger partial charge in [0, 0.05) is 25.5 Å². The van der Waals surface area contributed by atoms with Crippen molar-refractivity contribution >= 4 is 0 Å². The maximum Gasteiger partial charge on any atom is 0.0991 e. The molecule has 0 saturated heterocycles. The fraction of sp³-hybridized carbons (Fsp3) is 0.200. The third kappa shape index (κ3) is 3.88. The Labute approximate surface area is 112 Å². The zero-order valence-corrected chi connectivity index (χ0v) is 10.5. The van der Waals surface area contributed by atoms with Crippen molar-refractivity contribution < 1.29 is 5.11 Å². The molecule has 0 aliphatic rings. The van der Waals surface area contributed by atoms with E-state index in [2.05, 4.69) is 16.4 Å². The number of pyridine rings is 1. The summed E-state index contributed by atoms with van der Waals surface area (Å²) < 4.78 is 0. The predicted octanol–water partition coefficient (Wildman–Crippen LogP) is 1.78. The van der Waals surface area contributed by atoms with E-state index in [0.29, 0.717) is 18.7 Å². The van der Waals surface area contributed by atoms with E-state index >= 15 is 0 Å². The van der Waals surface area contributed by atoms with Crippen molar-refractivity contribution in [2.24, 2.45) is 0 Å². The summed E-state index contributed by atoms with van der Waals surface area (Å²) in [6.45, 7) is 1.08. The molecule has 1 unspecified atom stereocenters. The zero-order valence-electron chi connectivity index (χ0n) is 10.5. The van der Waals surface area contributed by atoms with Crippen LogP contribution in [0.15, 0.2) is 48.8 Å². The summed E-state index contributed by atoms with van der Waals surface area (Å²) in [5.41, 5.74) is 2.52. The molecule has 2 rings (SSSR count). The Morgan fingerprint density at radius 2 is 2.05 bits per heavy atom. The maximum absolute atomic E-state index is 9.96. The van der Waals surface area contributed by atoms with Crippen LogP contribution < -0.4 is 5.32 Å². The first kappa shape index (κ1) is 13.2. The van der Waals surface area contributed by atoms with E-state index in [4.69, 9.17) is 5.26 Å². The second-order valence-electron chi connectivity index (χ2n) is 4.24. The molecule has 1 aromatic heterocycles. The van der Waals surface area contributed by atoms with Gasteiger partial charge in [0.15, 0.2) is 0 Å². The van der Waals surface area contributed by atoms with Crippen LogP contribution in [0.5, 0.6) is 0 Å². The molecule has 0 bridgehead atoms. The molecular formula is C15H15N3O. The Kier molecular flexibility index (Phi) is 4.62. The van der Waals surface area contributed by atoms with Crippen LogP contribution in [0.3, 0.4) is 0 Å². The summed E-state index contributed by atoms with van der Waals surface area (Å²) in [6.07, 6.45) is 2.77. The summed E-state index contributed by atoms with van der Waals surface area (Å²) >= 11 is 0. The number of benzene rings is 1. The van der Waals surface area contributed by atoms with Crippen molar-refractivity contribution in [1.29, 1.82) is 5.26 Å². The summed E-state index contributed by atoms with van der Waals surface area (Å²) in [5, 5.41) is 21.9. The van der Waals surface area contributed by atoms with Gasteiger partial charge in [-0.25, -0.2) is 0 Å². The molecule has 0 aliphatic carbocycles. The highest BCUT2D eigenvalue weighted by Gasteiger charge is 2.06. The van der Waals surface area contributed by atoms with Gasteiger partial charge in [0.05, 0.1) is 17.7 Å². The fourth-order valence-electron chi connectivity index (χ4n) is 1.81. The molecule has 0 spiro atoms. The van der Waals surface area contributed by atoms with Crippen LogP contribution >= 0.6 is 0 Å². The predicted molar refractivity (Wildman–Crippen MR) is 72.1 cm³/mol. The summed E-state index contributed by atoms with van der Waals surface area (Å²) in [7, 11) is 0. The van der Waals surface area contributed by atoms with Gasteiger partial charge in [0.1, 0.15) is 0 Å². The van der Waals surface area contributed by atoms with Gasteiger partial charge in [0.2, 0.25) is 0 Å². The number of aliphatic hydroxyl groups excluding tert-OH is 1. The van der Waals surface area contributed by atoms with Crippen molar-refractivity contribution in [3.8, 4) is 6.07 Å². The number of rotatable bonds is 5. The number of hydrogen-bond acceptors (Lipinski definition) is 4. The van der Waals surface area contributed by atoms with Crippen LogP contribution in [-0.2, 0) is 6.54 Å². The number of nitrogens with zero attached hydrogens (tertiary/aromatic N) is 2. The molecule has 0 radical (unpaired) electrons. The number of nitriles is 1. The molecule has 0 saturated carbocycles. The summed E-state index contributed by atoms with van der Waals surface area (Å²) in [4.78, 5) is 3.91. The first-order valence-corrected chi connectivity index (χ1v) is 6.07. The second kappa shape index (κ2) is 6.64. The van der Waals surface area contributed by atoms with Crippen LogP contribution in [0.1, 0.15) is 22.8 Å². The smallest absolute Gasteiger partial charge is 0.0991 e. The number of aromatic nitrogens is 1. The van der Waals surface area contributed by atoms with Crippen LogP contribution in [0.2, 0.25) is 0 Å². The van der Waals surface area contributed by atoms with Gasteiger partial charge in [-0.2, -0.15) is 5.26 Å². The molecule has 2 N–H and O–H groups in total. The summed E-state index contributed by atoms with van der Waals surface area (Å²) in [5.74, 6) is 0. The SMILES string of the molecule is N#Cc1cccc(CNCC(O)c2ccncc2)c1. The standard InChI is InChI=1S/C15H15N3O/c16-9-12-2-1-3-13(8-12)10-18-11-15(19)14-4-6-17-7-5-14/h1-8,15,18-19H,10-11H2. The minimum Gasteiger partial charge on any atom is -0.387 e. The Hall–Kier alpha value is -2.22. The third-order valence-electron chi connectivity index (χ3n) is 2.81. The molecular weight excluding hydrogens is 238 g/mol. The highest BCUT2D eigenvalue weighted by molar-refractivity contribution is 5.32. The van der Waals surface area contributed by atoms with Crippen molar-refractivity contribution in [2.75, 3.05) is 6.54 Å². The summed E-state index contributed by atoms with van der Waals surface area (Å²) in [6, 6.07) is 13.1. The number of aliphatic hydroxyl groups is 1. The molecule has 0 fully saturated rings. The normalized spacial score (nSPS) is 11.8. The highest BCUT2D eigenvalue weighted by atomic mass is 16.3. The molecule has 2 aromatic rings. The van der Waals surface area contributed by atoms with E-state index in [1.807, 2.05) is 18.2 Å². The van der Waals surface area contributed by atoms with Crippen LogP contribution in [0.25, 0.3) is 0 Å². The Morgan fingerprint density at radius 3 is 2.79 bits per heavy atom. The molecule has 4 nitrogen and oxygen atoms in total. The Bertz CT molecular complexity index is 563. The van der Waals surface area contributed by atoms with Gasteiger partial charge in [-0.05, 0) is 35.4 Å². The van der Waals surface area contributed by atoms with Crippen LogP contribution in [0.4, 0.5) is 0 Å². The highest BCUT2D eigenvalue weighted by Crippen LogP contribution is 2.10. The first-order valence-electron chi connectivity index (χ1n) is 6.07. The number of hydrogen-bond donors (Lipinski definition) is 2. The quantitative estimate of drug-likeness (QED) is 0.852. The Balaban J connectivity index is 1.85. The lowest BCUT2D eigenvalue weighted by Gasteiger charge is -2.12. The molecule has 1 atom stereocenters.